The number of rotatable bonds is 3. The van der Waals surface area contributed by atoms with Crippen LogP contribution in [-0.2, 0) is 4.74 Å². The predicted octanol–water partition coefficient (Wildman–Crippen LogP) is 2.55. The van der Waals surface area contributed by atoms with E-state index in [1.54, 1.807) is 0 Å². The first kappa shape index (κ1) is 9.81. The molecule has 14 heavy (non-hydrogen) atoms. The summed E-state index contributed by atoms with van der Waals surface area (Å²) in [4.78, 5) is 13.7. The van der Waals surface area contributed by atoms with Crippen LogP contribution in [0.5, 0.6) is 0 Å². The van der Waals surface area contributed by atoms with E-state index in [1.807, 2.05) is 11.8 Å². The number of hydrogen-bond acceptors (Lipinski definition) is 2. The average molecular weight is 197 g/mol. The quantitative estimate of drug-likeness (QED) is 0.696. The van der Waals surface area contributed by atoms with Crippen molar-refractivity contribution in [3.8, 4) is 0 Å². The van der Waals surface area contributed by atoms with Crippen LogP contribution in [-0.4, -0.2) is 29.7 Å². The van der Waals surface area contributed by atoms with Gasteiger partial charge in [-0.05, 0) is 32.6 Å². The van der Waals surface area contributed by atoms with Gasteiger partial charge in [-0.3, -0.25) is 0 Å². The number of hydrogen-bond donors (Lipinski definition) is 0. The second-order valence-electron chi connectivity index (χ2n) is 4.28. The van der Waals surface area contributed by atoms with Crippen molar-refractivity contribution in [2.75, 3.05) is 6.61 Å². The van der Waals surface area contributed by atoms with E-state index in [2.05, 4.69) is 0 Å². The molecular formula is C11H19NO2. The Morgan fingerprint density at radius 1 is 1.21 bits per heavy atom. The zero-order valence-electron chi connectivity index (χ0n) is 8.87. The van der Waals surface area contributed by atoms with Gasteiger partial charge < -0.3 is 9.64 Å². The summed E-state index contributed by atoms with van der Waals surface area (Å²) in [5.41, 5.74) is 0. The molecule has 0 aromatic carbocycles. The molecule has 0 saturated heterocycles. The molecule has 0 aliphatic heterocycles. The number of carbonyl (C=O) groups excluding carboxylic acids is 1. The number of nitrogens with zero attached hydrogens (tertiary/aromatic N) is 1. The lowest BCUT2D eigenvalue weighted by atomic mass is 10.2. The SMILES string of the molecule is CCOC(=O)N(C1CCCC1)C1CC1. The fourth-order valence-corrected chi connectivity index (χ4v) is 2.33. The third-order valence-electron chi connectivity index (χ3n) is 3.14. The normalized spacial score (nSPS) is 22.4. The van der Waals surface area contributed by atoms with Crippen LogP contribution >= 0.6 is 0 Å². The summed E-state index contributed by atoms with van der Waals surface area (Å²) >= 11 is 0. The molecule has 3 nitrogen and oxygen atoms in total. The maximum absolute atomic E-state index is 11.7. The molecule has 2 fully saturated rings. The Bertz CT molecular complexity index is 207. The van der Waals surface area contributed by atoms with E-state index < -0.39 is 0 Å². The fraction of sp³-hybridized carbons (Fsp3) is 0.909. The Morgan fingerprint density at radius 3 is 2.29 bits per heavy atom. The first-order valence-electron chi connectivity index (χ1n) is 5.78. The molecule has 0 aromatic rings. The van der Waals surface area contributed by atoms with E-state index in [4.69, 9.17) is 4.74 Å². The number of amides is 1. The highest BCUT2D eigenvalue weighted by molar-refractivity contribution is 5.69. The second-order valence-corrected chi connectivity index (χ2v) is 4.28. The van der Waals surface area contributed by atoms with Gasteiger partial charge in [0.25, 0.3) is 0 Å². The van der Waals surface area contributed by atoms with Gasteiger partial charge in [0.05, 0.1) is 6.61 Å². The highest BCUT2D eigenvalue weighted by Gasteiger charge is 2.39. The van der Waals surface area contributed by atoms with E-state index in [-0.39, 0.29) is 6.09 Å². The van der Waals surface area contributed by atoms with Crippen molar-refractivity contribution in [3.05, 3.63) is 0 Å². The minimum Gasteiger partial charge on any atom is -0.450 e. The molecule has 2 aliphatic rings. The Morgan fingerprint density at radius 2 is 1.79 bits per heavy atom. The Balaban J connectivity index is 1.95. The van der Waals surface area contributed by atoms with Crippen molar-refractivity contribution in [2.24, 2.45) is 0 Å². The maximum Gasteiger partial charge on any atom is 0.410 e. The summed E-state index contributed by atoms with van der Waals surface area (Å²) in [5.74, 6) is 0. The lowest BCUT2D eigenvalue weighted by Gasteiger charge is -2.27. The van der Waals surface area contributed by atoms with Crippen LogP contribution in [0.1, 0.15) is 45.4 Å². The van der Waals surface area contributed by atoms with E-state index >= 15 is 0 Å². The van der Waals surface area contributed by atoms with Crippen molar-refractivity contribution in [1.29, 1.82) is 0 Å². The van der Waals surface area contributed by atoms with Crippen molar-refractivity contribution in [3.63, 3.8) is 0 Å². The number of ether oxygens (including phenoxy) is 1. The van der Waals surface area contributed by atoms with Gasteiger partial charge >= 0.3 is 6.09 Å². The van der Waals surface area contributed by atoms with Crippen LogP contribution in [0.4, 0.5) is 4.79 Å². The molecule has 0 unspecified atom stereocenters. The Kier molecular flexibility index (Phi) is 2.94. The second kappa shape index (κ2) is 4.20. The van der Waals surface area contributed by atoms with Gasteiger partial charge in [0.2, 0.25) is 0 Å². The molecule has 0 aromatic heterocycles. The number of carbonyl (C=O) groups is 1. The molecule has 2 saturated carbocycles. The maximum atomic E-state index is 11.7. The van der Waals surface area contributed by atoms with Crippen LogP contribution < -0.4 is 0 Å². The van der Waals surface area contributed by atoms with E-state index in [1.165, 1.54) is 38.5 Å². The van der Waals surface area contributed by atoms with Crippen molar-refractivity contribution < 1.29 is 9.53 Å². The Labute approximate surface area is 85.4 Å². The van der Waals surface area contributed by atoms with Crippen molar-refractivity contribution in [2.45, 2.75) is 57.5 Å². The van der Waals surface area contributed by atoms with Gasteiger partial charge in [-0.15, -0.1) is 0 Å². The minimum atomic E-state index is -0.0816. The van der Waals surface area contributed by atoms with Gasteiger partial charge in [-0.1, -0.05) is 12.8 Å². The van der Waals surface area contributed by atoms with Gasteiger partial charge in [-0.2, -0.15) is 0 Å². The molecule has 0 radical (unpaired) electrons. The zero-order chi connectivity index (χ0) is 9.97. The van der Waals surface area contributed by atoms with E-state index in [9.17, 15) is 4.79 Å². The summed E-state index contributed by atoms with van der Waals surface area (Å²) in [6.45, 7) is 2.37. The van der Waals surface area contributed by atoms with Crippen LogP contribution in [0.15, 0.2) is 0 Å². The van der Waals surface area contributed by atoms with Crippen LogP contribution in [0.3, 0.4) is 0 Å². The smallest absolute Gasteiger partial charge is 0.410 e. The molecular weight excluding hydrogens is 178 g/mol. The van der Waals surface area contributed by atoms with Gasteiger partial charge in [0, 0.05) is 12.1 Å². The highest BCUT2D eigenvalue weighted by atomic mass is 16.6. The Hall–Kier alpha value is -0.730. The standard InChI is InChI=1S/C11H19NO2/c1-2-14-11(13)12(10-7-8-10)9-5-3-4-6-9/h9-10H,2-8H2,1H3. The predicted molar refractivity (Wildman–Crippen MR) is 54.1 cm³/mol. The summed E-state index contributed by atoms with van der Waals surface area (Å²) in [7, 11) is 0. The first-order valence-corrected chi connectivity index (χ1v) is 5.78. The molecule has 0 atom stereocenters. The minimum absolute atomic E-state index is 0.0816. The van der Waals surface area contributed by atoms with Gasteiger partial charge in [0.1, 0.15) is 0 Å². The fourth-order valence-electron chi connectivity index (χ4n) is 2.33. The molecule has 0 bridgehead atoms. The molecule has 0 heterocycles. The lowest BCUT2D eigenvalue weighted by Crippen LogP contribution is -2.40. The third-order valence-corrected chi connectivity index (χ3v) is 3.14. The monoisotopic (exact) mass is 197 g/mol. The first-order chi connectivity index (χ1) is 6.83. The summed E-state index contributed by atoms with van der Waals surface area (Å²) in [6, 6.07) is 0.971. The molecule has 0 spiro atoms. The summed E-state index contributed by atoms with van der Waals surface area (Å²) in [6.07, 6.45) is 7.16. The highest BCUT2D eigenvalue weighted by Crippen LogP contribution is 2.34. The molecule has 2 rings (SSSR count). The molecule has 3 heteroatoms. The van der Waals surface area contributed by atoms with Crippen molar-refractivity contribution in [1.82, 2.24) is 4.90 Å². The van der Waals surface area contributed by atoms with Crippen molar-refractivity contribution >= 4 is 6.09 Å². The average Bonchev–Trinajstić information content (AvgIpc) is 2.82. The summed E-state index contributed by atoms with van der Waals surface area (Å²) < 4.78 is 5.10. The molecule has 80 valence electrons. The van der Waals surface area contributed by atoms with Gasteiger partial charge in [-0.25, -0.2) is 4.79 Å². The van der Waals surface area contributed by atoms with Gasteiger partial charge in [0.15, 0.2) is 0 Å². The summed E-state index contributed by atoms with van der Waals surface area (Å²) in [5, 5.41) is 0. The third kappa shape index (κ3) is 2.02. The topological polar surface area (TPSA) is 29.5 Å². The largest absolute Gasteiger partial charge is 0.450 e. The zero-order valence-corrected chi connectivity index (χ0v) is 8.87. The molecule has 1 amide bonds. The van der Waals surface area contributed by atoms with Crippen LogP contribution in [0.25, 0.3) is 0 Å². The molecule has 2 aliphatic carbocycles. The molecule has 0 N–H and O–H groups in total. The van der Waals surface area contributed by atoms with E-state index in [0.29, 0.717) is 18.7 Å². The van der Waals surface area contributed by atoms with E-state index in [0.717, 1.165) is 0 Å². The van der Waals surface area contributed by atoms with Crippen LogP contribution in [0, 0.1) is 0 Å². The van der Waals surface area contributed by atoms with Crippen LogP contribution in [0.2, 0.25) is 0 Å². The lowest BCUT2D eigenvalue weighted by molar-refractivity contribution is 0.0874.